The quantitative estimate of drug-likeness (QED) is 0.357. The van der Waals surface area contributed by atoms with E-state index in [-0.39, 0.29) is 40.5 Å². The van der Waals surface area contributed by atoms with Gasteiger partial charge in [0, 0.05) is 43.7 Å². The lowest BCUT2D eigenvalue weighted by Gasteiger charge is -2.33. The number of carbonyl (C=O) groups is 3. The van der Waals surface area contributed by atoms with Gasteiger partial charge in [0.15, 0.2) is 12.0 Å². The number of carboxylic acid groups (broad SMARTS) is 1. The number of carboxylic acids is 1. The van der Waals surface area contributed by atoms with Crippen molar-refractivity contribution in [1.29, 1.82) is 0 Å². The molecule has 2 N–H and O–H groups in total. The molecule has 1 saturated heterocycles. The molecule has 1 aliphatic carbocycles. The molecule has 1 saturated carbocycles. The first-order chi connectivity index (χ1) is 19.2. The van der Waals surface area contributed by atoms with Crippen molar-refractivity contribution >= 4 is 45.9 Å². The summed E-state index contributed by atoms with van der Waals surface area (Å²) < 4.78 is 23.3. The van der Waals surface area contributed by atoms with Gasteiger partial charge in [-0.3, -0.25) is 19.3 Å². The second-order valence-corrected chi connectivity index (χ2v) is 11.1. The molecule has 0 radical (unpaired) electrons. The average Bonchev–Trinajstić information content (AvgIpc) is 3.59. The third-order valence-corrected chi connectivity index (χ3v) is 8.30. The molecule has 3 aromatic rings. The smallest absolute Gasteiger partial charge is 0.306 e. The molecule has 1 atom stereocenters. The van der Waals surface area contributed by atoms with Crippen molar-refractivity contribution in [1.82, 2.24) is 9.47 Å². The van der Waals surface area contributed by atoms with Gasteiger partial charge in [-0.05, 0) is 62.3 Å². The summed E-state index contributed by atoms with van der Waals surface area (Å²) in [6.07, 6.45) is 4.52. The zero-order chi connectivity index (χ0) is 28.4. The van der Waals surface area contributed by atoms with Crippen LogP contribution in [0.15, 0.2) is 42.6 Å². The number of hydrogen-bond donors (Lipinski definition) is 2. The van der Waals surface area contributed by atoms with Crippen molar-refractivity contribution in [3.8, 4) is 0 Å². The van der Waals surface area contributed by atoms with Crippen LogP contribution in [-0.2, 0) is 27.8 Å². The molecule has 1 aromatic heterocycles. The van der Waals surface area contributed by atoms with Gasteiger partial charge < -0.3 is 19.7 Å². The van der Waals surface area contributed by atoms with Crippen LogP contribution in [-0.4, -0.2) is 57.7 Å². The fourth-order valence-corrected chi connectivity index (χ4v) is 6.01. The molecule has 2 fully saturated rings. The van der Waals surface area contributed by atoms with E-state index < -0.39 is 23.9 Å². The molecule has 1 aliphatic heterocycles. The van der Waals surface area contributed by atoms with Gasteiger partial charge >= 0.3 is 5.97 Å². The number of para-hydroxylation sites is 1. The van der Waals surface area contributed by atoms with Gasteiger partial charge in [0.2, 0.25) is 0 Å². The van der Waals surface area contributed by atoms with Crippen molar-refractivity contribution in [3.63, 3.8) is 0 Å². The van der Waals surface area contributed by atoms with E-state index in [0.29, 0.717) is 44.3 Å². The number of anilines is 1. The topological polar surface area (TPSA) is 101 Å². The van der Waals surface area contributed by atoms with Gasteiger partial charge in [0.25, 0.3) is 5.91 Å². The summed E-state index contributed by atoms with van der Waals surface area (Å²) in [6, 6.07) is 10.0. The average molecular weight is 570 g/mol. The Labute approximate surface area is 237 Å². The van der Waals surface area contributed by atoms with E-state index in [2.05, 4.69) is 5.32 Å². The van der Waals surface area contributed by atoms with Crippen LogP contribution in [0.5, 0.6) is 0 Å². The third-order valence-electron chi connectivity index (χ3n) is 7.98. The monoisotopic (exact) mass is 569 g/mol. The normalized spacial score (nSPS) is 20.5. The van der Waals surface area contributed by atoms with Crippen LogP contribution in [0, 0.1) is 11.7 Å². The number of aliphatic carboxylic acids is 1. The number of nitrogens with one attached hydrogen (secondary N) is 1. The van der Waals surface area contributed by atoms with Gasteiger partial charge in [-0.15, -0.1) is 0 Å². The molecular formula is C30H33ClFN3O5. The van der Waals surface area contributed by atoms with Gasteiger partial charge in [0.1, 0.15) is 5.82 Å². The highest BCUT2D eigenvalue weighted by Gasteiger charge is 2.34. The zero-order valence-corrected chi connectivity index (χ0v) is 23.1. The highest BCUT2D eigenvalue weighted by atomic mass is 35.5. The number of aromatic nitrogens is 1. The maximum atomic E-state index is 15.2. The molecule has 5 rings (SSSR count). The molecule has 8 nitrogen and oxygen atoms in total. The Morgan fingerprint density at radius 1 is 1.12 bits per heavy atom. The minimum atomic E-state index is -0.821. The number of likely N-dealkylation sites (tertiary alicyclic amines) is 1. The van der Waals surface area contributed by atoms with E-state index in [4.69, 9.17) is 16.3 Å². The Morgan fingerprint density at radius 3 is 2.52 bits per heavy atom. The number of ether oxygens (including phenoxy) is 1. The second-order valence-electron chi connectivity index (χ2n) is 10.7. The molecular weight excluding hydrogens is 537 g/mol. The maximum Gasteiger partial charge on any atom is 0.306 e. The lowest BCUT2D eigenvalue weighted by Crippen LogP contribution is -2.45. The molecule has 2 aliphatic rings. The number of aryl methyl sites for hydroxylation is 1. The van der Waals surface area contributed by atoms with Crippen LogP contribution in [0.3, 0.4) is 0 Å². The highest BCUT2D eigenvalue weighted by molar-refractivity contribution is 6.34. The van der Waals surface area contributed by atoms with E-state index in [1.807, 2.05) is 40.8 Å². The summed E-state index contributed by atoms with van der Waals surface area (Å²) in [5, 5.41) is 12.9. The summed E-state index contributed by atoms with van der Waals surface area (Å²) in [5.74, 6) is -2.51. The molecule has 212 valence electrons. The number of carbonyl (C=O) groups excluding carboxylic acids is 2. The number of fused-ring (bicyclic) bond motifs is 1. The van der Waals surface area contributed by atoms with Gasteiger partial charge in [-0.25, -0.2) is 4.39 Å². The Bertz CT molecular complexity index is 1430. The van der Waals surface area contributed by atoms with Gasteiger partial charge in [-0.2, -0.15) is 0 Å². The minimum absolute atomic E-state index is 0.121. The summed E-state index contributed by atoms with van der Waals surface area (Å²) in [5.41, 5.74) is 1.58. The van der Waals surface area contributed by atoms with E-state index in [0.717, 1.165) is 29.8 Å². The van der Waals surface area contributed by atoms with Crippen LogP contribution in [0.4, 0.5) is 10.1 Å². The number of amides is 1. The van der Waals surface area contributed by atoms with Gasteiger partial charge in [-0.1, -0.05) is 29.8 Å². The Balaban J connectivity index is 1.28. The first kappa shape index (κ1) is 28.3. The molecule has 1 amide bonds. The van der Waals surface area contributed by atoms with E-state index in [1.165, 1.54) is 6.07 Å². The van der Waals surface area contributed by atoms with Crippen LogP contribution < -0.4 is 5.32 Å². The molecule has 0 spiro atoms. The predicted octanol–water partition coefficient (Wildman–Crippen LogP) is 5.42. The Kier molecular flexibility index (Phi) is 8.54. The fraction of sp³-hybridized carbons (Fsp3) is 0.433. The first-order valence-electron chi connectivity index (χ1n) is 13.7. The first-order valence-corrected chi connectivity index (χ1v) is 14.1. The van der Waals surface area contributed by atoms with E-state index >= 15 is 4.39 Å². The minimum Gasteiger partial charge on any atom is -0.481 e. The van der Waals surface area contributed by atoms with Crippen molar-refractivity contribution < 1.29 is 28.6 Å². The predicted molar refractivity (Wildman–Crippen MR) is 150 cm³/mol. The summed E-state index contributed by atoms with van der Waals surface area (Å²) >= 11 is 6.45. The Morgan fingerprint density at radius 2 is 1.82 bits per heavy atom. The molecule has 1 unspecified atom stereocenters. The molecule has 40 heavy (non-hydrogen) atoms. The van der Waals surface area contributed by atoms with E-state index in [9.17, 15) is 19.5 Å². The van der Waals surface area contributed by atoms with E-state index in [1.54, 1.807) is 6.20 Å². The molecule has 2 heterocycles. The Hall–Kier alpha value is -3.27. The lowest BCUT2D eigenvalue weighted by molar-refractivity contribution is -0.156. The largest absolute Gasteiger partial charge is 0.481 e. The van der Waals surface area contributed by atoms with Crippen molar-refractivity contribution in [2.24, 2.45) is 13.0 Å². The van der Waals surface area contributed by atoms with Gasteiger partial charge in [0.05, 0.1) is 28.3 Å². The number of rotatable bonds is 9. The van der Waals surface area contributed by atoms with Crippen LogP contribution in [0.2, 0.25) is 5.02 Å². The number of Topliss-reactive ketones (excluding diaryl/α,β-unsaturated/α-hetero) is 1. The zero-order valence-electron chi connectivity index (χ0n) is 22.4. The lowest BCUT2D eigenvalue weighted by atomic mass is 9.87. The maximum absolute atomic E-state index is 15.2. The summed E-state index contributed by atoms with van der Waals surface area (Å²) in [4.78, 5) is 39.8. The number of nitrogens with zero attached hydrogens (tertiary/aromatic N) is 2. The van der Waals surface area contributed by atoms with Crippen molar-refractivity contribution in [2.45, 2.75) is 57.3 Å². The second kappa shape index (κ2) is 12.1. The number of hydrogen-bond acceptors (Lipinski definition) is 5. The molecule has 2 aromatic carbocycles. The third kappa shape index (κ3) is 6.06. The summed E-state index contributed by atoms with van der Waals surface area (Å²) in [7, 11) is 1.84. The van der Waals surface area contributed by atoms with Crippen LogP contribution in [0.25, 0.3) is 10.9 Å². The van der Waals surface area contributed by atoms with Crippen molar-refractivity contribution in [3.05, 3.63) is 64.6 Å². The SMILES string of the molecule is Cn1cc(C(=O)Nc2cc(F)c(CC(=O)C(OC3CCC(C(=O)O)CC3)N3CCCC3)cc2Cl)c2ccccc21. The standard InChI is InChI=1S/C30H33ClFN3O5/c1-34-17-22(21-6-2-3-7-26(21)34)28(37)33-25-16-24(32)19(14-23(25)31)15-27(36)29(35-12-4-5-13-35)40-20-10-8-18(9-11-20)30(38)39/h2-3,6-7,14,16-18,20,29H,4-5,8-13,15H2,1H3,(H,33,37)(H,38,39). The van der Waals surface area contributed by atoms with Crippen molar-refractivity contribution in [2.75, 3.05) is 18.4 Å². The number of halogens is 2. The molecule has 0 bridgehead atoms. The number of ketones is 1. The summed E-state index contributed by atoms with van der Waals surface area (Å²) in [6.45, 7) is 1.42. The number of benzene rings is 2. The highest BCUT2D eigenvalue weighted by Crippen LogP contribution is 2.31. The fourth-order valence-electron chi connectivity index (χ4n) is 5.78. The molecule has 10 heteroatoms. The van der Waals surface area contributed by atoms with Crippen LogP contribution in [0.1, 0.15) is 54.4 Å². The van der Waals surface area contributed by atoms with Crippen LogP contribution >= 0.6 is 11.6 Å².